The molecule has 1 amide bonds. The molecule has 1 aliphatic heterocycles. The van der Waals surface area contributed by atoms with Crippen LogP contribution < -0.4 is 14.8 Å². The molecule has 3 rings (SSSR count). The van der Waals surface area contributed by atoms with Crippen LogP contribution in [0.2, 0.25) is 0 Å². The monoisotopic (exact) mass is 369 g/mol. The van der Waals surface area contributed by atoms with Gasteiger partial charge in [0.25, 0.3) is 0 Å². The lowest BCUT2D eigenvalue weighted by Crippen LogP contribution is -2.54. The van der Waals surface area contributed by atoms with Crippen LogP contribution in [0.4, 0.5) is 0 Å². The smallest absolute Gasteiger partial charge is 0.334 e. The lowest BCUT2D eigenvalue weighted by atomic mass is 9.85. The third-order valence-electron chi connectivity index (χ3n) is 5.04. The zero-order valence-corrected chi connectivity index (χ0v) is 15.4. The average molecular weight is 369 g/mol. The maximum Gasteiger partial charge on any atom is 0.334 e. The number of aliphatic carboxylic acids is 1. The summed E-state index contributed by atoms with van der Waals surface area (Å²) in [6, 6.07) is 14.2. The SMILES string of the molecule is CCC(NC(=O)C1COc2ccc(OC)cc2C1)(C(=O)O)c1ccccc1. The van der Waals surface area contributed by atoms with Crippen LogP contribution in [-0.4, -0.2) is 30.7 Å². The minimum Gasteiger partial charge on any atom is -0.497 e. The molecule has 2 unspecified atom stereocenters. The van der Waals surface area contributed by atoms with Gasteiger partial charge in [-0.1, -0.05) is 37.3 Å². The third kappa shape index (κ3) is 3.60. The van der Waals surface area contributed by atoms with Gasteiger partial charge < -0.3 is 19.9 Å². The molecule has 0 aromatic heterocycles. The number of nitrogens with one attached hydrogen (secondary N) is 1. The molecule has 0 aliphatic carbocycles. The van der Waals surface area contributed by atoms with E-state index >= 15 is 0 Å². The van der Waals surface area contributed by atoms with E-state index in [0.717, 1.165) is 11.3 Å². The number of benzene rings is 2. The highest BCUT2D eigenvalue weighted by atomic mass is 16.5. The standard InChI is InChI=1S/C21H23NO5/c1-3-21(20(24)25,16-7-5-4-6-8-16)22-19(23)15-11-14-12-17(26-2)9-10-18(14)27-13-15/h4-10,12,15H,3,11,13H2,1-2H3,(H,22,23)(H,24,25). The van der Waals surface area contributed by atoms with Crippen LogP contribution in [0.25, 0.3) is 0 Å². The summed E-state index contributed by atoms with van der Waals surface area (Å²) in [6.45, 7) is 1.96. The van der Waals surface area contributed by atoms with Gasteiger partial charge in [-0.2, -0.15) is 0 Å². The molecule has 0 radical (unpaired) electrons. The van der Waals surface area contributed by atoms with Gasteiger partial charge in [0, 0.05) is 0 Å². The molecule has 142 valence electrons. The number of rotatable bonds is 6. The molecule has 1 heterocycles. The van der Waals surface area contributed by atoms with Crippen LogP contribution in [0.3, 0.4) is 0 Å². The summed E-state index contributed by atoms with van der Waals surface area (Å²) in [6.07, 6.45) is 0.697. The van der Waals surface area contributed by atoms with Crippen molar-refractivity contribution in [1.82, 2.24) is 5.32 Å². The van der Waals surface area contributed by atoms with Gasteiger partial charge in [0.15, 0.2) is 5.54 Å². The van der Waals surface area contributed by atoms with Gasteiger partial charge in [-0.25, -0.2) is 4.79 Å². The molecule has 0 spiro atoms. The Labute approximate surface area is 158 Å². The van der Waals surface area contributed by atoms with E-state index in [-0.39, 0.29) is 18.9 Å². The molecule has 2 N–H and O–H groups in total. The topological polar surface area (TPSA) is 84.9 Å². The van der Waals surface area contributed by atoms with Crippen molar-refractivity contribution in [3.05, 3.63) is 59.7 Å². The van der Waals surface area contributed by atoms with Crippen molar-refractivity contribution < 1.29 is 24.2 Å². The van der Waals surface area contributed by atoms with Gasteiger partial charge >= 0.3 is 5.97 Å². The predicted molar refractivity (Wildman–Crippen MR) is 99.9 cm³/mol. The first-order valence-electron chi connectivity index (χ1n) is 8.91. The number of hydrogen-bond acceptors (Lipinski definition) is 4. The average Bonchev–Trinajstić information content (AvgIpc) is 2.71. The lowest BCUT2D eigenvalue weighted by Gasteiger charge is -2.33. The number of ether oxygens (including phenoxy) is 2. The van der Waals surface area contributed by atoms with Crippen LogP contribution in [-0.2, 0) is 21.5 Å². The first-order chi connectivity index (χ1) is 13.0. The molecule has 27 heavy (non-hydrogen) atoms. The number of carbonyl (C=O) groups excluding carboxylic acids is 1. The van der Waals surface area contributed by atoms with E-state index in [1.165, 1.54) is 0 Å². The Morgan fingerprint density at radius 3 is 2.63 bits per heavy atom. The van der Waals surface area contributed by atoms with Gasteiger partial charge in [0.1, 0.15) is 18.1 Å². The molecule has 1 aliphatic rings. The lowest BCUT2D eigenvalue weighted by molar-refractivity contribution is -0.149. The minimum atomic E-state index is -1.47. The normalized spacial score (nSPS) is 17.8. The zero-order valence-electron chi connectivity index (χ0n) is 15.4. The van der Waals surface area contributed by atoms with Crippen LogP contribution in [0.1, 0.15) is 24.5 Å². The summed E-state index contributed by atoms with van der Waals surface area (Å²) in [7, 11) is 1.58. The van der Waals surface area contributed by atoms with Crippen molar-refractivity contribution in [2.75, 3.05) is 13.7 Å². The van der Waals surface area contributed by atoms with Crippen molar-refractivity contribution in [2.24, 2.45) is 5.92 Å². The van der Waals surface area contributed by atoms with Gasteiger partial charge in [0.05, 0.1) is 13.0 Å². The maximum atomic E-state index is 12.9. The Morgan fingerprint density at radius 2 is 2.00 bits per heavy atom. The summed E-state index contributed by atoms with van der Waals surface area (Å²) in [5, 5.41) is 12.7. The molecule has 0 saturated heterocycles. The third-order valence-corrected chi connectivity index (χ3v) is 5.04. The second-order valence-corrected chi connectivity index (χ2v) is 6.61. The van der Waals surface area contributed by atoms with Crippen molar-refractivity contribution >= 4 is 11.9 Å². The Morgan fingerprint density at radius 1 is 1.26 bits per heavy atom. The fourth-order valence-corrected chi connectivity index (χ4v) is 3.39. The van der Waals surface area contributed by atoms with Crippen molar-refractivity contribution in [2.45, 2.75) is 25.3 Å². The highest BCUT2D eigenvalue weighted by Crippen LogP contribution is 2.32. The summed E-state index contributed by atoms with van der Waals surface area (Å²) in [4.78, 5) is 25.0. The maximum absolute atomic E-state index is 12.9. The minimum absolute atomic E-state index is 0.208. The van der Waals surface area contributed by atoms with Crippen LogP contribution in [0, 0.1) is 5.92 Å². The summed E-state index contributed by atoms with van der Waals surface area (Å²) in [5.41, 5.74) is -0.0440. The Bertz CT molecular complexity index is 836. The van der Waals surface area contributed by atoms with Gasteiger partial charge in [-0.15, -0.1) is 0 Å². The first-order valence-corrected chi connectivity index (χ1v) is 8.91. The Kier molecular flexibility index (Phi) is 5.35. The fraction of sp³-hybridized carbons (Fsp3) is 0.333. The molecule has 0 bridgehead atoms. The Balaban J connectivity index is 1.83. The van der Waals surface area contributed by atoms with Crippen LogP contribution >= 0.6 is 0 Å². The summed E-state index contributed by atoms with van der Waals surface area (Å²) < 4.78 is 10.9. The number of amides is 1. The number of carboxylic acid groups (broad SMARTS) is 1. The highest BCUT2D eigenvalue weighted by Gasteiger charge is 2.42. The number of hydrogen-bond donors (Lipinski definition) is 2. The fourth-order valence-electron chi connectivity index (χ4n) is 3.39. The molecular weight excluding hydrogens is 346 g/mol. The molecule has 0 fully saturated rings. The van der Waals surface area contributed by atoms with E-state index in [1.807, 2.05) is 18.2 Å². The Hall–Kier alpha value is -3.02. The van der Waals surface area contributed by atoms with Crippen molar-refractivity contribution in [1.29, 1.82) is 0 Å². The van der Waals surface area contributed by atoms with E-state index in [4.69, 9.17) is 9.47 Å². The molecule has 0 saturated carbocycles. The van der Waals surface area contributed by atoms with E-state index in [1.54, 1.807) is 44.4 Å². The first kappa shape index (κ1) is 18.8. The summed E-state index contributed by atoms with van der Waals surface area (Å²) >= 11 is 0. The van der Waals surface area contributed by atoms with Gasteiger partial charge in [-0.3, -0.25) is 4.79 Å². The number of methoxy groups -OCH3 is 1. The van der Waals surface area contributed by atoms with Crippen molar-refractivity contribution in [3.8, 4) is 11.5 Å². The van der Waals surface area contributed by atoms with Crippen LogP contribution in [0.15, 0.2) is 48.5 Å². The quantitative estimate of drug-likeness (QED) is 0.818. The van der Waals surface area contributed by atoms with Gasteiger partial charge in [0.2, 0.25) is 5.91 Å². The van der Waals surface area contributed by atoms with E-state index < -0.39 is 17.4 Å². The number of fused-ring (bicyclic) bond motifs is 1. The second-order valence-electron chi connectivity index (χ2n) is 6.61. The van der Waals surface area contributed by atoms with Crippen LogP contribution in [0.5, 0.6) is 11.5 Å². The number of carboxylic acids is 1. The predicted octanol–water partition coefficient (Wildman–Crippen LogP) is 2.75. The van der Waals surface area contributed by atoms with Crippen molar-refractivity contribution in [3.63, 3.8) is 0 Å². The molecular formula is C21H23NO5. The van der Waals surface area contributed by atoms with E-state index in [0.29, 0.717) is 17.7 Å². The van der Waals surface area contributed by atoms with E-state index in [2.05, 4.69) is 5.32 Å². The molecule has 6 heteroatoms. The van der Waals surface area contributed by atoms with E-state index in [9.17, 15) is 14.7 Å². The molecule has 2 atom stereocenters. The highest BCUT2D eigenvalue weighted by molar-refractivity contribution is 5.89. The zero-order chi connectivity index (χ0) is 19.4. The van der Waals surface area contributed by atoms with Gasteiger partial charge in [-0.05, 0) is 42.2 Å². The summed E-state index contributed by atoms with van der Waals surface area (Å²) in [5.74, 6) is -0.474. The second kappa shape index (κ2) is 7.70. The molecule has 2 aromatic carbocycles. The molecule has 2 aromatic rings. The molecule has 6 nitrogen and oxygen atoms in total. The largest absolute Gasteiger partial charge is 0.497 e. The number of carbonyl (C=O) groups is 2.